The summed E-state index contributed by atoms with van der Waals surface area (Å²) in [6.07, 6.45) is 1.75. The maximum atomic E-state index is 5.25. The van der Waals surface area contributed by atoms with Crippen molar-refractivity contribution in [3.8, 4) is 0 Å². The molecule has 0 fully saturated rings. The molecule has 5 nitrogen and oxygen atoms in total. The number of aliphatic imine (C=N–C) groups is 1. The van der Waals surface area contributed by atoms with Crippen LogP contribution in [0.1, 0.15) is 6.92 Å². The SMILES string of the molecule is C=N/C(=C\C)OCCOCCOCCN. The van der Waals surface area contributed by atoms with E-state index in [4.69, 9.17) is 19.9 Å². The number of rotatable bonds is 10. The Bertz CT molecular complexity index is 184. The molecule has 2 N–H and O–H groups in total. The molecule has 0 aliphatic heterocycles. The molecule has 0 bridgehead atoms. The van der Waals surface area contributed by atoms with Crippen LogP contribution >= 0.6 is 0 Å². The Balaban J connectivity index is 3.14. The summed E-state index contributed by atoms with van der Waals surface area (Å²) in [5.74, 6) is 0.526. The first-order chi connectivity index (χ1) is 7.35. The zero-order chi connectivity index (χ0) is 11.4. The standard InChI is InChI=1S/C10H20N2O3/c1-3-10(12-2)15-9-8-14-7-6-13-5-4-11/h3H,2,4-9,11H2,1H3/b10-3+. The summed E-state index contributed by atoms with van der Waals surface area (Å²) < 4.78 is 15.6. The largest absolute Gasteiger partial charge is 0.475 e. The van der Waals surface area contributed by atoms with Crippen molar-refractivity contribution in [3.63, 3.8) is 0 Å². The van der Waals surface area contributed by atoms with Crippen LogP contribution in [0.5, 0.6) is 0 Å². The van der Waals surface area contributed by atoms with Crippen molar-refractivity contribution in [2.45, 2.75) is 6.92 Å². The van der Waals surface area contributed by atoms with Gasteiger partial charge in [0.15, 0.2) is 0 Å². The fourth-order valence-electron chi connectivity index (χ4n) is 0.831. The lowest BCUT2D eigenvalue weighted by Gasteiger charge is -2.06. The van der Waals surface area contributed by atoms with E-state index >= 15 is 0 Å². The molecule has 0 amide bonds. The monoisotopic (exact) mass is 216 g/mol. The lowest BCUT2D eigenvalue weighted by molar-refractivity contribution is 0.0288. The predicted octanol–water partition coefficient (Wildman–Crippen LogP) is 0.557. The molecule has 0 aliphatic carbocycles. The highest BCUT2D eigenvalue weighted by Gasteiger charge is 1.92. The molecule has 0 spiro atoms. The van der Waals surface area contributed by atoms with E-state index in [9.17, 15) is 0 Å². The molecule has 5 heteroatoms. The van der Waals surface area contributed by atoms with E-state index in [1.54, 1.807) is 6.08 Å². The quantitative estimate of drug-likeness (QED) is 0.329. The summed E-state index contributed by atoms with van der Waals surface area (Å²) in [7, 11) is 0. The van der Waals surface area contributed by atoms with Crippen molar-refractivity contribution in [2.75, 3.05) is 39.6 Å². The van der Waals surface area contributed by atoms with E-state index in [0.29, 0.717) is 45.5 Å². The molecule has 88 valence electrons. The van der Waals surface area contributed by atoms with Gasteiger partial charge < -0.3 is 19.9 Å². The minimum atomic E-state index is 0.468. The van der Waals surface area contributed by atoms with Crippen LogP contribution in [0.15, 0.2) is 17.0 Å². The van der Waals surface area contributed by atoms with Crippen LogP contribution in [-0.2, 0) is 14.2 Å². The Morgan fingerprint density at radius 1 is 1.20 bits per heavy atom. The Morgan fingerprint density at radius 3 is 2.33 bits per heavy atom. The zero-order valence-electron chi connectivity index (χ0n) is 9.28. The maximum absolute atomic E-state index is 5.25. The fraction of sp³-hybridized carbons (Fsp3) is 0.700. The molecule has 0 atom stereocenters. The molecule has 0 heterocycles. The van der Waals surface area contributed by atoms with Crippen LogP contribution < -0.4 is 5.73 Å². The summed E-state index contributed by atoms with van der Waals surface area (Å²) in [5, 5.41) is 0. The van der Waals surface area contributed by atoms with Gasteiger partial charge in [-0.05, 0) is 19.7 Å². The Kier molecular flexibility index (Phi) is 10.5. The van der Waals surface area contributed by atoms with Crippen LogP contribution in [0, 0.1) is 0 Å². The van der Waals surface area contributed by atoms with Gasteiger partial charge in [0, 0.05) is 6.54 Å². The van der Waals surface area contributed by atoms with Gasteiger partial charge in [-0.2, -0.15) is 0 Å². The molecule has 0 aromatic carbocycles. The highest BCUT2D eigenvalue weighted by molar-refractivity contribution is 5.27. The average molecular weight is 216 g/mol. The molecule has 0 aromatic rings. The van der Waals surface area contributed by atoms with Gasteiger partial charge in [0.05, 0.1) is 26.4 Å². The molecular weight excluding hydrogens is 196 g/mol. The third-order valence-corrected chi connectivity index (χ3v) is 1.51. The van der Waals surface area contributed by atoms with E-state index in [-0.39, 0.29) is 0 Å². The van der Waals surface area contributed by atoms with E-state index in [2.05, 4.69) is 11.7 Å². The van der Waals surface area contributed by atoms with Crippen LogP contribution in [0.25, 0.3) is 0 Å². The topological polar surface area (TPSA) is 66.1 Å². The van der Waals surface area contributed by atoms with Gasteiger partial charge in [-0.1, -0.05) is 0 Å². The van der Waals surface area contributed by atoms with Gasteiger partial charge in [0.25, 0.3) is 0 Å². The van der Waals surface area contributed by atoms with E-state index in [0.717, 1.165) is 0 Å². The molecule has 0 saturated carbocycles. The Hall–Kier alpha value is -0.910. The molecule has 0 rings (SSSR count). The molecule has 0 radical (unpaired) electrons. The van der Waals surface area contributed by atoms with Crippen molar-refractivity contribution >= 4 is 6.72 Å². The van der Waals surface area contributed by atoms with Crippen molar-refractivity contribution in [3.05, 3.63) is 12.0 Å². The molecule has 0 saturated heterocycles. The normalized spacial score (nSPS) is 11.5. The molecule has 0 aliphatic rings. The molecular formula is C10H20N2O3. The molecule has 0 aromatic heterocycles. The van der Waals surface area contributed by atoms with Crippen molar-refractivity contribution in [1.29, 1.82) is 0 Å². The second kappa shape index (κ2) is 11.2. The Morgan fingerprint density at radius 2 is 1.80 bits per heavy atom. The van der Waals surface area contributed by atoms with Crippen LogP contribution in [0.3, 0.4) is 0 Å². The van der Waals surface area contributed by atoms with Crippen LogP contribution in [0.2, 0.25) is 0 Å². The number of allylic oxidation sites excluding steroid dienone is 1. The van der Waals surface area contributed by atoms with Crippen molar-refractivity contribution < 1.29 is 14.2 Å². The number of hydrogen-bond donors (Lipinski definition) is 1. The lowest BCUT2D eigenvalue weighted by Crippen LogP contribution is -2.13. The number of nitrogens with two attached hydrogens (primary N) is 1. The van der Waals surface area contributed by atoms with Gasteiger partial charge >= 0.3 is 0 Å². The van der Waals surface area contributed by atoms with Gasteiger partial charge in [-0.25, -0.2) is 4.99 Å². The summed E-state index contributed by atoms with van der Waals surface area (Å²) in [6, 6.07) is 0. The smallest absolute Gasteiger partial charge is 0.208 e. The first-order valence-electron chi connectivity index (χ1n) is 4.96. The third-order valence-electron chi connectivity index (χ3n) is 1.51. The van der Waals surface area contributed by atoms with Crippen LogP contribution in [-0.4, -0.2) is 46.3 Å². The van der Waals surface area contributed by atoms with Crippen LogP contribution in [0.4, 0.5) is 0 Å². The van der Waals surface area contributed by atoms with Gasteiger partial charge in [0.1, 0.15) is 6.61 Å². The minimum Gasteiger partial charge on any atom is -0.475 e. The zero-order valence-corrected chi connectivity index (χ0v) is 9.28. The summed E-state index contributed by atoms with van der Waals surface area (Å²) in [4.78, 5) is 3.66. The Labute approximate surface area is 90.9 Å². The molecule has 0 unspecified atom stereocenters. The van der Waals surface area contributed by atoms with E-state index in [1.807, 2.05) is 6.92 Å². The fourth-order valence-corrected chi connectivity index (χ4v) is 0.831. The molecule has 15 heavy (non-hydrogen) atoms. The minimum absolute atomic E-state index is 0.468. The predicted molar refractivity (Wildman–Crippen MR) is 60.0 cm³/mol. The first kappa shape index (κ1) is 14.1. The number of hydrogen-bond acceptors (Lipinski definition) is 5. The summed E-state index contributed by atoms with van der Waals surface area (Å²) in [5.41, 5.74) is 5.25. The average Bonchev–Trinajstić information content (AvgIpc) is 2.27. The third kappa shape index (κ3) is 9.40. The van der Waals surface area contributed by atoms with E-state index < -0.39 is 0 Å². The maximum Gasteiger partial charge on any atom is 0.208 e. The highest BCUT2D eigenvalue weighted by atomic mass is 16.5. The van der Waals surface area contributed by atoms with Gasteiger partial charge in [0.2, 0.25) is 5.88 Å². The lowest BCUT2D eigenvalue weighted by atomic mass is 10.6. The van der Waals surface area contributed by atoms with Gasteiger partial charge in [-0.15, -0.1) is 0 Å². The second-order valence-electron chi connectivity index (χ2n) is 2.65. The summed E-state index contributed by atoms with van der Waals surface area (Å²) in [6.45, 7) is 8.41. The van der Waals surface area contributed by atoms with Gasteiger partial charge in [-0.3, -0.25) is 0 Å². The first-order valence-corrected chi connectivity index (χ1v) is 4.96. The number of nitrogens with zero attached hydrogens (tertiary/aromatic N) is 1. The van der Waals surface area contributed by atoms with Crippen molar-refractivity contribution in [2.24, 2.45) is 10.7 Å². The second-order valence-corrected chi connectivity index (χ2v) is 2.65. The number of ether oxygens (including phenoxy) is 3. The van der Waals surface area contributed by atoms with Crippen molar-refractivity contribution in [1.82, 2.24) is 0 Å². The summed E-state index contributed by atoms with van der Waals surface area (Å²) >= 11 is 0. The highest BCUT2D eigenvalue weighted by Crippen LogP contribution is 1.96. The van der Waals surface area contributed by atoms with E-state index in [1.165, 1.54) is 0 Å².